The van der Waals surface area contributed by atoms with E-state index >= 15 is 0 Å². The molecule has 0 radical (unpaired) electrons. The fraction of sp³-hybridized carbons (Fsp3) is 0.391. The summed E-state index contributed by atoms with van der Waals surface area (Å²) in [6, 6.07) is 20.0. The van der Waals surface area contributed by atoms with Crippen molar-refractivity contribution in [1.82, 2.24) is 15.5 Å². The summed E-state index contributed by atoms with van der Waals surface area (Å²) in [6.07, 6.45) is 0. The van der Waals surface area contributed by atoms with Crippen molar-refractivity contribution < 1.29 is 9.53 Å². The number of piperazine rings is 1. The largest absolute Gasteiger partial charge is 0.492 e. The quantitative estimate of drug-likeness (QED) is 0.235. The number of hydrogen-bond donors (Lipinski definition) is 2. The normalized spacial score (nSPS) is 13.9. The van der Waals surface area contributed by atoms with Crippen molar-refractivity contribution in [3.63, 3.8) is 0 Å². The number of nitrogens with one attached hydrogen (secondary N) is 2. The number of carbonyl (C=O) groups is 1. The van der Waals surface area contributed by atoms with Crippen LogP contribution in [0.25, 0.3) is 0 Å². The van der Waals surface area contributed by atoms with E-state index in [1.807, 2.05) is 60.4 Å². The fourth-order valence-electron chi connectivity index (χ4n) is 3.30. The molecule has 168 valence electrons. The third-order valence-electron chi connectivity index (χ3n) is 4.88. The van der Waals surface area contributed by atoms with Crippen LogP contribution in [0.3, 0.4) is 0 Å². The Labute approximate surface area is 201 Å². The first kappa shape index (κ1) is 24.8. The van der Waals surface area contributed by atoms with Crippen LogP contribution < -0.4 is 20.3 Å². The molecule has 1 fully saturated rings. The Balaban J connectivity index is 0.00000341. The number of carbonyl (C=O) groups excluding carboxylic acids is 1. The monoisotopic (exact) mass is 537 g/mol. The molecule has 0 unspecified atom stereocenters. The van der Waals surface area contributed by atoms with Crippen LogP contribution in [0, 0.1) is 0 Å². The third kappa shape index (κ3) is 8.28. The van der Waals surface area contributed by atoms with Gasteiger partial charge in [0.15, 0.2) is 5.96 Å². The number of nitrogens with zero attached hydrogens (tertiary/aromatic N) is 3. The molecule has 0 bridgehead atoms. The van der Waals surface area contributed by atoms with Crippen molar-refractivity contribution in [2.24, 2.45) is 4.99 Å². The molecule has 8 heteroatoms. The maximum Gasteiger partial charge on any atom is 0.244 e. The van der Waals surface area contributed by atoms with Crippen molar-refractivity contribution >= 4 is 41.5 Å². The first-order valence-corrected chi connectivity index (χ1v) is 10.5. The predicted octanol–water partition coefficient (Wildman–Crippen LogP) is 2.59. The van der Waals surface area contributed by atoms with Gasteiger partial charge in [0.05, 0.1) is 6.54 Å². The second-order valence-corrected chi connectivity index (χ2v) is 6.99. The fourth-order valence-corrected chi connectivity index (χ4v) is 3.30. The van der Waals surface area contributed by atoms with Crippen LogP contribution in [0.4, 0.5) is 5.69 Å². The van der Waals surface area contributed by atoms with Gasteiger partial charge in [-0.3, -0.25) is 4.79 Å². The van der Waals surface area contributed by atoms with E-state index in [0.717, 1.165) is 38.5 Å². The molecular formula is C23H32IN5O2. The van der Waals surface area contributed by atoms with Crippen LogP contribution in [-0.2, 0) is 4.79 Å². The van der Waals surface area contributed by atoms with Gasteiger partial charge in [-0.1, -0.05) is 36.4 Å². The lowest BCUT2D eigenvalue weighted by atomic mass is 10.2. The molecule has 0 spiro atoms. The number of hydrogen-bond acceptors (Lipinski definition) is 4. The number of ether oxygens (including phenoxy) is 1. The molecular weight excluding hydrogens is 505 g/mol. The molecule has 1 heterocycles. The average Bonchev–Trinajstić information content (AvgIpc) is 2.81. The number of anilines is 1. The molecule has 2 aromatic carbocycles. The second-order valence-electron chi connectivity index (χ2n) is 6.99. The Bertz CT molecular complexity index is 796. The lowest BCUT2D eigenvalue weighted by Gasteiger charge is -2.36. The molecule has 31 heavy (non-hydrogen) atoms. The van der Waals surface area contributed by atoms with Gasteiger partial charge in [0.2, 0.25) is 5.91 Å². The molecule has 3 rings (SSSR count). The molecule has 1 aliphatic heterocycles. The van der Waals surface area contributed by atoms with Gasteiger partial charge in [0, 0.05) is 38.4 Å². The number of para-hydroxylation sites is 2. The summed E-state index contributed by atoms with van der Waals surface area (Å²) < 4.78 is 5.68. The van der Waals surface area contributed by atoms with Gasteiger partial charge in [-0.05, 0) is 31.2 Å². The van der Waals surface area contributed by atoms with Crippen molar-refractivity contribution in [2.75, 3.05) is 57.3 Å². The standard InChI is InChI=1S/C23H31N5O2.HI/c1-2-24-23(25-13-18-30-21-11-7-4-8-12-21)26-19-22(29)28-16-14-27(15-17-28)20-9-5-3-6-10-20;/h3-12H,2,13-19H2,1H3,(H2,24,25,26);1H. The summed E-state index contributed by atoms with van der Waals surface area (Å²) >= 11 is 0. The molecule has 0 saturated carbocycles. The Kier molecular flexibility index (Phi) is 11.0. The maximum atomic E-state index is 12.6. The summed E-state index contributed by atoms with van der Waals surface area (Å²) in [6.45, 7) is 7.12. The van der Waals surface area contributed by atoms with Gasteiger partial charge < -0.3 is 25.2 Å². The van der Waals surface area contributed by atoms with E-state index in [-0.39, 0.29) is 36.4 Å². The van der Waals surface area contributed by atoms with Crippen molar-refractivity contribution in [3.8, 4) is 5.75 Å². The van der Waals surface area contributed by atoms with Crippen LogP contribution in [0.1, 0.15) is 6.92 Å². The molecule has 1 aliphatic rings. The second kappa shape index (κ2) is 13.7. The minimum atomic E-state index is 0. The Hall–Kier alpha value is -2.49. The van der Waals surface area contributed by atoms with E-state index < -0.39 is 0 Å². The van der Waals surface area contributed by atoms with E-state index in [0.29, 0.717) is 19.1 Å². The molecule has 2 N–H and O–H groups in total. The highest BCUT2D eigenvalue weighted by Crippen LogP contribution is 2.15. The Morgan fingerprint density at radius 1 is 0.968 bits per heavy atom. The molecule has 2 aromatic rings. The molecule has 0 aliphatic carbocycles. The van der Waals surface area contributed by atoms with E-state index in [1.54, 1.807) is 0 Å². The van der Waals surface area contributed by atoms with E-state index in [4.69, 9.17) is 4.74 Å². The zero-order valence-corrected chi connectivity index (χ0v) is 20.3. The lowest BCUT2D eigenvalue weighted by molar-refractivity contribution is -0.129. The number of rotatable bonds is 8. The third-order valence-corrected chi connectivity index (χ3v) is 4.88. The highest BCUT2D eigenvalue weighted by molar-refractivity contribution is 14.0. The number of aliphatic imine (C=N–C) groups is 1. The highest BCUT2D eigenvalue weighted by atomic mass is 127. The van der Waals surface area contributed by atoms with Crippen LogP contribution in [-0.4, -0.2) is 69.2 Å². The zero-order valence-electron chi connectivity index (χ0n) is 18.0. The van der Waals surface area contributed by atoms with Gasteiger partial charge >= 0.3 is 0 Å². The average molecular weight is 537 g/mol. The first-order chi connectivity index (χ1) is 14.8. The van der Waals surface area contributed by atoms with Crippen LogP contribution in [0.5, 0.6) is 5.75 Å². The number of amides is 1. The number of benzene rings is 2. The SMILES string of the molecule is CCNC(=NCC(=O)N1CCN(c2ccccc2)CC1)NCCOc1ccccc1.I. The van der Waals surface area contributed by atoms with Crippen molar-refractivity contribution in [1.29, 1.82) is 0 Å². The zero-order chi connectivity index (χ0) is 21.0. The first-order valence-electron chi connectivity index (χ1n) is 10.5. The minimum absolute atomic E-state index is 0. The summed E-state index contributed by atoms with van der Waals surface area (Å²) in [5.74, 6) is 1.52. The molecule has 1 amide bonds. The van der Waals surface area contributed by atoms with Gasteiger partial charge in [-0.2, -0.15) is 0 Å². The van der Waals surface area contributed by atoms with Crippen molar-refractivity contribution in [3.05, 3.63) is 60.7 Å². The smallest absolute Gasteiger partial charge is 0.244 e. The Morgan fingerprint density at radius 2 is 1.61 bits per heavy atom. The molecule has 7 nitrogen and oxygen atoms in total. The molecule has 1 saturated heterocycles. The highest BCUT2D eigenvalue weighted by Gasteiger charge is 2.20. The molecule has 0 aromatic heterocycles. The van der Waals surface area contributed by atoms with E-state index in [2.05, 4.69) is 32.7 Å². The van der Waals surface area contributed by atoms with Gasteiger partial charge in [0.25, 0.3) is 0 Å². The number of halogens is 1. The van der Waals surface area contributed by atoms with Crippen molar-refractivity contribution in [2.45, 2.75) is 6.92 Å². The van der Waals surface area contributed by atoms with Crippen LogP contribution in [0.15, 0.2) is 65.7 Å². The lowest BCUT2D eigenvalue weighted by Crippen LogP contribution is -2.49. The number of guanidine groups is 1. The summed E-state index contributed by atoms with van der Waals surface area (Å²) in [5, 5.41) is 6.39. The summed E-state index contributed by atoms with van der Waals surface area (Å²) in [5.41, 5.74) is 1.21. The predicted molar refractivity (Wildman–Crippen MR) is 137 cm³/mol. The van der Waals surface area contributed by atoms with Gasteiger partial charge in [0.1, 0.15) is 18.9 Å². The minimum Gasteiger partial charge on any atom is -0.492 e. The maximum absolute atomic E-state index is 12.6. The van der Waals surface area contributed by atoms with Gasteiger partial charge in [-0.25, -0.2) is 4.99 Å². The van der Waals surface area contributed by atoms with Crippen LogP contribution >= 0.6 is 24.0 Å². The topological polar surface area (TPSA) is 69.2 Å². The van der Waals surface area contributed by atoms with E-state index in [9.17, 15) is 4.79 Å². The molecule has 0 atom stereocenters. The van der Waals surface area contributed by atoms with Crippen LogP contribution in [0.2, 0.25) is 0 Å². The summed E-state index contributed by atoms with van der Waals surface area (Å²) in [7, 11) is 0. The van der Waals surface area contributed by atoms with Gasteiger partial charge in [-0.15, -0.1) is 24.0 Å². The summed E-state index contributed by atoms with van der Waals surface area (Å²) in [4.78, 5) is 21.2. The Morgan fingerprint density at radius 3 is 2.26 bits per heavy atom. The van der Waals surface area contributed by atoms with E-state index in [1.165, 1.54) is 5.69 Å².